The summed E-state index contributed by atoms with van der Waals surface area (Å²) >= 11 is 0. The minimum atomic E-state index is -0.833. The number of piperidine rings is 2. The number of hydrogen-bond acceptors (Lipinski definition) is 9. The normalized spacial score (nSPS) is 17.3. The van der Waals surface area contributed by atoms with Crippen LogP contribution in [0.25, 0.3) is 22.3 Å². The number of carboxylic acid groups (broad SMARTS) is 1. The van der Waals surface area contributed by atoms with Crippen LogP contribution in [0, 0.1) is 6.92 Å². The van der Waals surface area contributed by atoms with Crippen LogP contribution in [0.2, 0.25) is 0 Å². The maximum Gasteiger partial charge on any atom is 0.300 e. The van der Waals surface area contributed by atoms with Crippen LogP contribution in [0.1, 0.15) is 50.2 Å². The lowest BCUT2D eigenvalue weighted by molar-refractivity contribution is -0.134. The molecule has 4 aromatic rings. The molecule has 0 aliphatic carbocycles. The molecule has 0 amide bonds. The van der Waals surface area contributed by atoms with E-state index in [4.69, 9.17) is 25.2 Å². The highest BCUT2D eigenvalue weighted by Gasteiger charge is 2.30. The zero-order valence-electron chi connectivity index (χ0n) is 24.1. The third-order valence-corrected chi connectivity index (χ3v) is 7.99. The van der Waals surface area contributed by atoms with Gasteiger partial charge in [0.1, 0.15) is 29.4 Å². The SMILES string of the molecule is CC(=O)O.Cc1ccc(CNc2ccc(-c3nn(C4CCN(C5CCN(C)CC5)CC4)c4ncnc(N)c34)cc2)o1. The van der Waals surface area contributed by atoms with Gasteiger partial charge in [-0.3, -0.25) is 4.79 Å². The third kappa shape index (κ3) is 6.86. The second-order valence-corrected chi connectivity index (χ2v) is 11.0. The average molecular weight is 561 g/mol. The maximum absolute atomic E-state index is 9.00. The van der Waals surface area contributed by atoms with Gasteiger partial charge in [0, 0.05) is 37.3 Å². The fraction of sp³-hybridized carbons (Fsp3) is 0.467. The van der Waals surface area contributed by atoms with Crippen molar-refractivity contribution in [2.45, 2.75) is 58.2 Å². The van der Waals surface area contributed by atoms with Gasteiger partial charge >= 0.3 is 0 Å². The van der Waals surface area contributed by atoms with E-state index in [1.807, 2.05) is 19.1 Å². The van der Waals surface area contributed by atoms with Crippen molar-refractivity contribution in [3.63, 3.8) is 0 Å². The zero-order valence-corrected chi connectivity index (χ0v) is 24.1. The topological polar surface area (TPSA) is 139 Å². The fourth-order valence-corrected chi connectivity index (χ4v) is 5.82. The molecular weight excluding hydrogens is 520 g/mol. The Kier molecular flexibility index (Phi) is 8.84. The molecule has 2 aliphatic rings. The Balaban J connectivity index is 0.000000794. The van der Waals surface area contributed by atoms with Crippen molar-refractivity contribution in [3.05, 3.63) is 54.2 Å². The Hall–Kier alpha value is -3.96. The molecule has 11 heteroatoms. The number of rotatable bonds is 6. The second-order valence-electron chi connectivity index (χ2n) is 11.0. The van der Waals surface area contributed by atoms with Crippen LogP contribution in [-0.2, 0) is 11.3 Å². The number of nitrogens with zero attached hydrogens (tertiary/aromatic N) is 6. The van der Waals surface area contributed by atoms with Gasteiger partial charge in [-0.15, -0.1) is 0 Å². The lowest BCUT2D eigenvalue weighted by Crippen LogP contribution is -2.47. The molecule has 0 spiro atoms. The number of hydrogen-bond donors (Lipinski definition) is 3. The number of carboxylic acids is 1. The van der Waals surface area contributed by atoms with E-state index in [1.54, 1.807) is 6.33 Å². The number of fused-ring (bicyclic) bond motifs is 1. The monoisotopic (exact) mass is 560 g/mol. The molecule has 11 nitrogen and oxygen atoms in total. The number of nitrogens with one attached hydrogen (secondary N) is 1. The highest BCUT2D eigenvalue weighted by Crippen LogP contribution is 2.35. The van der Waals surface area contributed by atoms with E-state index < -0.39 is 5.97 Å². The summed E-state index contributed by atoms with van der Waals surface area (Å²) in [6.45, 7) is 8.28. The molecular formula is C30H40N8O3. The number of aliphatic carboxylic acids is 1. The Labute approximate surface area is 240 Å². The van der Waals surface area contributed by atoms with Crippen LogP contribution in [0.15, 0.2) is 47.1 Å². The first kappa shape index (κ1) is 28.6. The molecule has 0 unspecified atom stereocenters. The molecule has 6 rings (SSSR count). The van der Waals surface area contributed by atoms with E-state index in [9.17, 15) is 0 Å². The summed E-state index contributed by atoms with van der Waals surface area (Å²) in [6, 6.07) is 13.3. The molecule has 0 bridgehead atoms. The van der Waals surface area contributed by atoms with E-state index in [1.165, 1.54) is 25.9 Å². The van der Waals surface area contributed by atoms with Crippen LogP contribution < -0.4 is 11.1 Å². The van der Waals surface area contributed by atoms with Gasteiger partial charge in [0.05, 0.1) is 18.0 Å². The molecule has 5 heterocycles. The first-order chi connectivity index (χ1) is 19.8. The van der Waals surface area contributed by atoms with Gasteiger partial charge in [-0.1, -0.05) is 12.1 Å². The molecule has 41 heavy (non-hydrogen) atoms. The van der Waals surface area contributed by atoms with E-state index >= 15 is 0 Å². The quantitative estimate of drug-likeness (QED) is 0.311. The number of anilines is 2. The maximum atomic E-state index is 9.00. The molecule has 2 fully saturated rings. The van der Waals surface area contributed by atoms with Crippen LogP contribution in [0.4, 0.5) is 11.5 Å². The van der Waals surface area contributed by atoms with Crippen LogP contribution in [0.3, 0.4) is 0 Å². The van der Waals surface area contributed by atoms with Gasteiger partial charge in [-0.2, -0.15) is 5.10 Å². The highest BCUT2D eigenvalue weighted by atomic mass is 16.4. The smallest absolute Gasteiger partial charge is 0.300 e. The Bertz CT molecular complexity index is 1440. The zero-order chi connectivity index (χ0) is 28.9. The van der Waals surface area contributed by atoms with Gasteiger partial charge in [0.15, 0.2) is 5.65 Å². The molecule has 1 aromatic carbocycles. The minimum absolute atomic E-state index is 0.311. The third-order valence-electron chi connectivity index (χ3n) is 7.99. The lowest BCUT2D eigenvalue weighted by atomic mass is 9.98. The highest BCUT2D eigenvalue weighted by molar-refractivity contribution is 5.98. The first-order valence-electron chi connectivity index (χ1n) is 14.3. The number of likely N-dealkylation sites (tertiary alicyclic amines) is 2. The van der Waals surface area contributed by atoms with Gasteiger partial charge in [0.2, 0.25) is 0 Å². The Morgan fingerprint density at radius 3 is 2.32 bits per heavy atom. The van der Waals surface area contributed by atoms with Crippen LogP contribution in [0.5, 0.6) is 0 Å². The molecule has 0 radical (unpaired) electrons. The minimum Gasteiger partial charge on any atom is -0.481 e. The largest absolute Gasteiger partial charge is 0.481 e. The first-order valence-corrected chi connectivity index (χ1v) is 14.3. The molecule has 0 atom stereocenters. The molecule has 218 valence electrons. The number of carbonyl (C=O) groups is 1. The molecule has 0 saturated carbocycles. The Morgan fingerprint density at radius 2 is 1.68 bits per heavy atom. The van der Waals surface area contributed by atoms with Crippen molar-refractivity contribution >= 4 is 28.5 Å². The van der Waals surface area contributed by atoms with E-state index in [0.29, 0.717) is 24.4 Å². The number of nitrogen functional groups attached to an aromatic ring is 1. The predicted molar refractivity (Wildman–Crippen MR) is 160 cm³/mol. The van der Waals surface area contributed by atoms with Gasteiger partial charge in [0.25, 0.3) is 5.97 Å². The Morgan fingerprint density at radius 1 is 1.02 bits per heavy atom. The van der Waals surface area contributed by atoms with Crippen LogP contribution in [-0.4, -0.2) is 79.9 Å². The van der Waals surface area contributed by atoms with Crippen LogP contribution >= 0.6 is 0 Å². The summed E-state index contributed by atoms with van der Waals surface area (Å²) in [5.74, 6) is 1.48. The van der Waals surface area contributed by atoms with Gasteiger partial charge in [-0.25, -0.2) is 14.6 Å². The van der Waals surface area contributed by atoms with Crippen molar-refractivity contribution in [1.29, 1.82) is 0 Å². The lowest BCUT2D eigenvalue weighted by Gasteiger charge is -2.41. The van der Waals surface area contributed by atoms with E-state index in [2.05, 4.69) is 61.1 Å². The number of nitrogens with two attached hydrogens (primary N) is 1. The second kappa shape index (κ2) is 12.7. The van der Waals surface area contributed by atoms with Crippen molar-refractivity contribution in [2.75, 3.05) is 44.3 Å². The van der Waals surface area contributed by atoms with Crippen molar-refractivity contribution < 1.29 is 14.3 Å². The number of benzene rings is 1. The summed E-state index contributed by atoms with van der Waals surface area (Å²) in [5, 5.41) is 16.8. The molecule has 3 aromatic heterocycles. The van der Waals surface area contributed by atoms with E-state index in [0.717, 1.165) is 72.4 Å². The van der Waals surface area contributed by atoms with Gasteiger partial charge < -0.3 is 30.4 Å². The molecule has 4 N–H and O–H groups in total. The number of aryl methyl sites for hydroxylation is 1. The van der Waals surface area contributed by atoms with E-state index in [-0.39, 0.29) is 0 Å². The average Bonchev–Trinajstić information content (AvgIpc) is 3.57. The van der Waals surface area contributed by atoms with Crippen molar-refractivity contribution in [1.82, 2.24) is 29.5 Å². The standard InChI is InChI=1S/C28H36N8O.C2H4O2/c1-19-3-8-24(37-19)17-30-21-6-4-20(5-7-21)26-25-27(29)31-18-32-28(25)36(33-26)23-11-15-35(16-12-23)22-9-13-34(2)14-10-22;1-2(3)4/h3-8,18,22-23,30H,9-17H2,1-2H3,(H2,29,31,32);1H3,(H,3,4). The summed E-state index contributed by atoms with van der Waals surface area (Å²) in [6.07, 6.45) is 6.23. The number of furan rings is 1. The van der Waals surface area contributed by atoms with Gasteiger partial charge in [-0.05, 0) is 77.0 Å². The molecule has 2 aliphatic heterocycles. The summed E-state index contributed by atoms with van der Waals surface area (Å²) in [7, 11) is 2.22. The fourth-order valence-electron chi connectivity index (χ4n) is 5.82. The summed E-state index contributed by atoms with van der Waals surface area (Å²) < 4.78 is 7.77. The van der Waals surface area contributed by atoms with Crippen molar-refractivity contribution in [2.24, 2.45) is 0 Å². The summed E-state index contributed by atoms with van der Waals surface area (Å²) in [5.41, 5.74) is 10.1. The number of aromatic nitrogens is 4. The predicted octanol–water partition coefficient (Wildman–Crippen LogP) is 4.41. The summed E-state index contributed by atoms with van der Waals surface area (Å²) in [4.78, 5) is 23.1. The van der Waals surface area contributed by atoms with Crippen molar-refractivity contribution in [3.8, 4) is 11.3 Å². The molecule has 2 saturated heterocycles.